The molecule has 2 rings (SSSR count). The molecule has 5 heteroatoms. The topological polar surface area (TPSA) is 51.8 Å². The van der Waals surface area contributed by atoms with Crippen LogP contribution >= 0.6 is 24.8 Å². The van der Waals surface area contributed by atoms with Crippen molar-refractivity contribution in [2.45, 2.75) is 0 Å². The Balaban J connectivity index is 0.000000720. The molecule has 13 heavy (non-hydrogen) atoms. The van der Waals surface area contributed by atoms with E-state index < -0.39 is 0 Å². The molecule has 2 heterocycles. The summed E-state index contributed by atoms with van der Waals surface area (Å²) in [6, 6.07) is 5.66. The molecular weight excluding hydrogens is 209 g/mol. The third-order valence-electron chi connectivity index (χ3n) is 1.47. The first-order valence-electron chi connectivity index (χ1n) is 3.32. The Kier molecular flexibility index (Phi) is 4.45. The molecule has 0 saturated carbocycles. The molecule has 0 atom stereocenters. The van der Waals surface area contributed by atoms with Crippen LogP contribution in [-0.4, -0.2) is 9.97 Å². The maximum Gasteiger partial charge on any atom is 0.159 e. The SMILES string of the molecule is Cl.Cl.Nc1cnc2ncccc2c1. The van der Waals surface area contributed by atoms with Gasteiger partial charge in [0.15, 0.2) is 5.65 Å². The van der Waals surface area contributed by atoms with Crippen molar-refractivity contribution in [3.8, 4) is 0 Å². The maximum absolute atomic E-state index is 5.53. The van der Waals surface area contributed by atoms with Crippen molar-refractivity contribution < 1.29 is 0 Å². The van der Waals surface area contributed by atoms with Crippen LogP contribution in [0.25, 0.3) is 11.0 Å². The number of pyridine rings is 2. The van der Waals surface area contributed by atoms with Crippen molar-refractivity contribution in [1.29, 1.82) is 0 Å². The summed E-state index contributed by atoms with van der Waals surface area (Å²) in [6.45, 7) is 0. The highest BCUT2D eigenvalue weighted by Gasteiger charge is 1.92. The third-order valence-corrected chi connectivity index (χ3v) is 1.47. The van der Waals surface area contributed by atoms with E-state index in [1.54, 1.807) is 12.4 Å². The Morgan fingerprint density at radius 3 is 2.69 bits per heavy atom. The van der Waals surface area contributed by atoms with Gasteiger partial charge in [0.05, 0.1) is 11.9 Å². The molecule has 2 aromatic rings. The summed E-state index contributed by atoms with van der Waals surface area (Å²) in [4.78, 5) is 8.10. The van der Waals surface area contributed by atoms with Gasteiger partial charge in [-0.1, -0.05) is 0 Å². The van der Waals surface area contributed by atoms with Gasteiger partial charge < -0.3 is 5.73 Å². The molecule has 0 saturated heterocycles. The molecule has 2 N–H and O–H groups in total. The van der Waals surface area contributed by atoms with Crippen LogP contribution in [-0.2, 0) is 0 Å². The van der Waals surface area contributed by atoms with Gasteiger partial charge in [0.2, 0.25) is 0 Å². The largest absolute Gasteiger partial charge is 0.397 e. The van der Waals surface area contributed by atoms with Gasteiger partial charge in [0, 0.05) is 11.6 Å². The Morgan fingerprint density at radius 2 is 1.92 bits per heavy atom. The number of nitrogen functional groups attached to an aromatic ring is 1. The molecule has 70 valence electrons. The molecule has 0 radical (unpaired) electrons. The van der Waals surface area contributed by atoms with Gasteiger partial charge in [0.25, 0.3) is 0 Å². The minimum absolute atomic E-state index is 0. The van der Waals surface area contributed by atoms with Crippen LogP contribution in [0.3, 0.4) is 0 Å². The van der Waals surface area contributed by atoms with E-state index in [4.69, 9.17) is 5.73 Å². The van der Waals surface area contributed by atoms with Crippen LogP contribution in [0.4, 0.5) is 5.69 Å². The number of rotatable bonds is 0. The van der Waals surface area contributed by atoms with E-state index in [0.717, 1.165) is 11.0 Å². The number of fused-ring (bicyclic) bond motifs is 1. The second-order valence-electron chi connectivity index (χ2n) is 2.32. The standard InChI is InChI=1S/C8H7N3.2ClH/c9-7-4-6-2-1-3-10-8(6)11-5-7;;/h1-5H,9H2;2*1H. The quantitative estimate of drug-likeness (QED) is 0.736. The zero-order chi connectivity index (χ0) is 7.68. The van der Waals surface area contributed by atoms with Gasteiger partial charge in [-0.15, -0.1) is 24.8 Å². The summed E-state index contributed by atoms with van der Waals surface area (Å²) < 4.78 is 0. The highest BCUT2D eigenvalue weighted by molar-refractivity contribution is 5.85. The lowest BCUT2D eigenvalue weighted by molar-refractivity contribution is 1.29. The predicted octanol–water partition coefficient (Wildman–Crippen LogP) is 2.06. The van der Waals surface area contributed by atoms with E-state index in [9.17, 15) is 0 Å². The molecule has 0 aliphatic rings. The maximum atomic E-state index is 5.53. The summed E-state index contributed by atoms with van der Waals surface area (Å²) in [7, 11) is 0. The molecule has 0 spiro atoms. The summed E-state index contributed by atoms with van der Waals surface area (Å²) in [6.07, 6.45) is 3.32. The molecule has 0 aromatic carbocycles. The van der Waals surface area contributed by atoms with Gasteiger partial charge in [-0.3, -0.25) is 0 Å². The fourth-order valence-corrected chi connectivity index (χ4v) is 0.982. The average Bonchev–Trinajstić information content (AvgIpc) is 2.04. The van der Waals surface area contributed by atoms with Crippen molar-refractivity contribution in [3.05, 3.63) is 30.6 Å². The highest BCUT2D eigenvalue weighted by Crippen LogP contribution is 2.10. The number of hydrogen-bond acceptors (Lipinski definition) is 3. The van der Waals surface area contributed by atoms with Crippen molar-refractivity contribution in [3.63, 3.8) is 0 Å². The molecule has 0 aliphatic heterocycles. The van der Waals surface area contributed by atoms with E-state index in [2.05, 4.69) is 9.97 Å². The summed E-state index contributed by atoms with van der Waals surface area (Å²) in [5.74, 6) is 0. The Labute approximate surface area is 88.2 Å². The molecule has 0 bridgehead atoms. The van der Waals surface area contributed by atoms with Crippen molar-refractivity contribution in [1.82, 2.24) is 9.97 Å². The number of nitrogens with zero attached hydrogens (tertiary/aromatic N) is 2. The molecule has 2 aromatic heterocycles. The Bertz CT molecular complexity index is 392. The fraction of sp³-hybridized carbons (Fsp3) is 0. The van der Waals surface area contributed by atoms with E-state index in [1.807, 2.05) is 18.2 Å². The van der Waals surface area contributed by atoms with Crippen molar-refractivity contribution >= 4 is 41.5 Å². The van der Waals surface area contributed by atoms with Crippen LogP contribution < -0.4 is 5.73 Å². The van der Waals surface area contributed by atoms with E-state index in [1.165, 1.54) is 0 Å². The first-order valence-corrected chi connectivity index (χ1v) is 3.32. The first kappa shape index (κ1) is 11.9. The molecule has 3 nitrogen and oxygen atoms in total. The Morgan fingerprint density at radius 1 is 1.15 bits per heavy atom. The van der Waals surface area contributed by atoms with Crippen molar-refractivity contribution in [2.75, 3.05) is 5.73 Å². The molecule has 0 unspecified atom stereocenters. The predicted molar refractivity (Wildman–Crippen MR) is 58.4 cm³/mol. The average molecular weight is 218 g/mol. The highest BCUT2D eigenvalue weighted by atomic mass is 35.5. The molecule has 0 fully saturated rings. The van der Waals surface area contributed by atoms with Crippen LogP contribution in [0.2, 0.25) is 0 Å². The summed E-state index contributed by atoms with van der Waals surface area (Å²) in [5.41, 5.74) is 6.94. The van der Waals surface area contributed by atoms with E-state index in [-0.39, 0.29) is 24.8 Å². The van der Waals surface area contributed by atoms with Crippen LogP contribution in [0.15, 0.2) is 30.6 Å². The van der Waals surface area contributed by atoms with Gasteiger partial charge in [-0.05, 0) is 18.2 Å². The first-order chi connectivity index (χ1) is 5.36. The normalized spacial score (nSPS) is 8.62. The number of halogens is 2. The lowest BCUT2D eigenvalue weighted by Gasteiger charge is -1.95. The third kappa shape index (κ3) is 2.44. The van der Waals surface area contributed by atoms with Gasteiger partial charge in [-0.2, -0.15) is 0 Å². The number of hydrogen-bond donors (Lipinski definition) is 1. The minimum Gasteiger partial charge on any atom is -0.397 e. The van der Waals surface area contributed by atoms with Crippen LogP contribution in [0, 0.1) is 0 Å². The number of nitrogens with two attached hydrogens (primary N) is 1. The van der Waals surface area contributed by atoms with Gasteiger partial charge in [-0.25, -0.2) is 9.97 Å². The lowest BCUT2D eigenvalue weighted by atomic mass is 10.3. The second kappa shape index (κ2) is 4.84. The lowest BCUT2D eigenvalue weighted by Crippen LogP contribution is -1.87. The Hall–Kier alpha value is -1.06. The molecule has 0 amide bonds. The molecular formula is C8H9Cl2N3. The van der Waals surface area contributed by atoms with Gasteiger partial charge >= 0.3 is 0 Å². The zero-order valence-electron chi connectivity index (χ0n) is 6.68. The minimum atomic E-state index is 0. The fourth-order valence-electron chi connectivity index (χ4n) is 0.982. The molecule has 0 aliphatic carbocycles. The van der Waals surface area contributed by atoms with Crippen LogP contribution in [0.5, 0.6) is 0 Å². The summed E-state index contributed by atoms with van der Waals surface area (Å²) in [5, 5.41) is 0.979. The monoisotopic (exact) mass is 217 g/mol. The van der Waals surface area contributed by atoms with Crippen LogP contribution in [0.1, 0.15) is 0 Å². The smallest absolute Gasteiger partial charge is 0.159 e. The van der Waals surface area contributed by atoms with E-state index in [0.29, 0.717) is 5.69 Å². The second-order valence-corrected chi connectivity index (χ2v) is 2.32. The summed E-state index contributed by atoms with van der Waals surface area (Å²) >= 11 is 0. The number of anilines is 1. The number of aromatic nitrogens is 2. The van der Waals surface area contributed by atoms with E-state index >= 15 is 0 Å². The zero-order valence-corrected chi connectivity index (χ0v) is 8.31. The van der Waals surface area contributed by atoms with Gasteiger partial charge in [0.1, 0.15) is 0 Å². The van der Waals surface area contributed by atoms with Crippen molar-refractivity contribution in [2.24, 2.45) is 0 Å².